The van der Waals surface area contributed by atoms with E-state index in [1.54, 1.807) is 38.1 Å². The van der Waals surface area contributed by atoms with Gasteiger partial charge >= 0.3 is 5.97 Å². The van der Waals surface area contributed by atoms with Gasteiger partial charge < -0.3 is 15.7 Å². The number of nitrogens with one attached hydrogen (secondary N) is 2. The molecule has 2 aromatic carbocycles. The molecule has 0 radical (unpaired) electrons. The minimum Gasteiger partial charge on any atom is -0.480 e. The molecule has 0 spiro atoms. The van der Waals surface area contributed by atoms with E-state index in [-0.39, 0.29) is 16.9 Å². The number of halogens is 1. The van der Waals surface area contributed by atoms with E-state index in [0.717, 1.165) is 0 Å². The van der Waals surface area contributed by atoms with Crippen LogP contribution in [-0.2, 0) is 9.59 Å². The van der Waals surface area contributed by atoms with Crippen molar-refractivity contribution < 1.29 is 24.4 Å². The number of nitrogens with zero attached hydrogens (tertiary/aromatic N) is 1. The molecule has 2 rings (SSSR count). The van der Waals surface area contributed by atoms with Crippen molar-refractivity contribution in [3.05, 3.63) is 79.9 Å². The molecule has 2 aromatic rings. The zero-order valence-electron chi connectivity index (χ0n) is 16.7. The van der Waals surface area contributed by atoms with Crippen LogP contribution in [0, 0.1) is 16.0 Å². The van der Waals surface area contributed by atoms with Crippen molar-refractivity contribution in [3.63, 3.8) is 0 Å². The number of hydrogen-bond donors (Lipinski definition) is 3. The summed E-state index contributed by atoms with van der Waals surface area (Å²) in [6.07, 6.45) is 1.31. The van der Waals surface area contributed by atoms with Crippen LogP contribution < -0.4 is 10.6 Å². The van der Waals surface area contributed by atoms with Gasteiger partial charge in [0.25, 0.3) is 17.5 Å². The van der Waals surface area contributed by atoms with Gasteiger partial charge in [-0.1, -0.05) is 26.0 Å². The van der Waals surface area contributed by atoms with Gasteiger partial charge in [0, 0.05) is 16.6 Å². The number of rotatable bonds is 8. The zero-order valence-corrected chi connectivity index (χ0v) is 18.3. The molecule has 0 saturated carbocycles. The number of carbonyl (C=O) groups is 3. The van der Waals surface area contributed by atoms with Crippen molar-refractivity contribution in [2.75, 3.05) is 0 Å². The predicted molar refractivity (Wildman–Crippen MR) is 117 cm³/mol. The number of aliphatic carboxylic acids is 1. The maximum absolute atomic E-state index is 12.8. The largest absolute Gasteiger partial charge is 0.480 e. The lowest BCUT2D eigenvalue weighted by atomic mass is 10.0. The lowest BCUT2D eigenvalue weighted by Crippen LogP contribution is -2.47. The summed E-state index contributed by atoms with van der Waals surface area (Å²) in [5, 5.41) is 25.1. The number of non-ortho nitro benzene ring substituents is 1. The number of carbonyl (C=O) groups excluding carboxylic acids is 2. The molecule has 0 saturated heterocycles. The third-order valence-corrected chi connectivity index (χ3v) is 4.94. The van der Waals surface area contributed by atoms with E-state index < -0.39 is 34.7 Å². The summed E-state index contributed by atoms with van der Waals surface area (Å²) >= 11 is 3.27. The fourth-order valence-corrected chi connectivity index (χ4v) is 3.05. The molecule has 31 heavy (non-hydrogen) atoms. The maximum atomic E-state index is 12.8. The van der Waals surface area contributed by atoms with E-state index in [4.69, 9.17) is 0 Å². The van der Waals surface area contributed by atoms with Gasteiger partial charge in [-0.25, -0.2) is 4.79 Å². The predicted octanol–water partition coefficient (Wildman–Crippen LogP) is 3.35. The molecule has 3 N–H and O–H groups in total. The van der Waals surface area contributed by atoms with Gasteiger partial charge in [-0.2, -0.15) is 0 Å². The minimum absolute atomic E-state index is 0.133. The first kappa shape index (κ1) is 23.7. The fraction of sp³-hybridized carbons (Fsp3) is 0.190. The van der Waals surface area contributed by atoms with Gasteiger partial charge in [0.05, 0.1) is 10.5 Å². The Morgan fingerprint density at radius 1 is 1.10 bits per heavy atom. The average molecular weight is 490 g/mol. The molecular formula is C21H20BrN3O6. The molecule has 2 amide bonds. The summed E-state index contributed by atoms with van der Waals surface area (Å²) in [5.41, 5.74) is 0.329. The number of carboxylic acid groups (broad SMARTS) is 1. The van der Waals surface area contributed by atoms with Crippen LogP contribution in [0.15, 0.2) is 58.7 Å². The number of benzene rings is 2. The van der Waals surface area contributed by atoms with E-state index in [0.29, 0.717) is 10.0 Å². The van der Waals surface area contributed by atoms with Gasteiger partial charge in [0.2, 0.25) is 0 Å². The summed E-state index contributed by atoms with van der Waals surface area (Å²) in [4.78, 5) is 47.2. The smallest absolute Gasteiger partial charge is 0.326 e. The first-order chi connectivity index (χ1) is 14.6. The molecule has 10 heteroatoms. The average Bonchev–Trinajstić information content (AvgIpc) is 2.71. The van der Waals surface area contributed by atoms with Crippen molar-refractivity contribution in [1.82, 2.24) is 10.6 Å². The van der Waals surface area contributed by atoms with Gasteiger partial charge in [0.1, 0.15) is 11.7 Å². The Kier molecular flexibility index (Phi) is 8.03. The third kappa shape index (κ3) is 6.48. The standard InChI is InChI=1S/C21H20BrN3O6/c1-12(2)18(21(28)29)24-20(27)17(11-13-7-9-14(10-8-13)25(30)31)23-19(26)15-5-3-4-6-16(15)22/h3-12,18H,1-2H3,(H,23,26)(H,24,27)(H,28,29)/b17-11-. The summed E-state index contributed by atoms with van der Waals surface area (Å²) < 4.78 is 0.508. The molecule has 0 bridgehead atoms. The lowest BCUT2D eigenvalue weighted by Gasteiger charge is -2.19. The van der Waals surface area contributed by atoms with Crippen LogP contribution in [0.5, 0.6) is 0 Å². The number of amides is 2. The van der Waals surface area contributed by atoms with E-state index in [2.05, 4.69) is 26.6 Å². The van der Waals surface area contributed by atoms with E-state index in [1.165, 1.54) is 30.3 Å². The van der Waals surface area contributed by atoms with Gasteiger partial charge in [-0.3, -0.25) is 19.7 Å². The summed E-state index contributed by atoms with van der Waals surface area (Å²) in [5.74, 6) is -3.01. The van der Waals surface area contributed by atoms with Crippen molar-refractivity contribution in [2.24, 2.45) is 5.92 Å². The van der Waals surface area contributed by atoms with Crippen LogP contribution in [0.3, 0.4) is 0 Å². The van der Waals surface area contributed by atoms with Crippen molar-refractivity contribution in [1.29, 1.82) is 0 Å². The van der Waals surface area contributed by atoms with Crippen LogP contribution in [0.4, 0.5) is 5.69 Å². The Labute approximate surface area is 186 Å². The highest BCUT2D eigenvalue weighted by molar-refractivity contribution is 9.10. The third-order valence-electron chi connectivity index (χ3n) is 4.25. The first-order valence-corrected chi connectivity index (χ1v) is 9.95. The molecule has 0 aliphatic rings. The van der Waals surface area contributed by atoms with Crippen LogP contribution in [0.1, 0.15) is 29.8 Å². The Balaban J connectivity index is 2.39. The molecule has 1 atom stereocenters. The second-order valence-electron chi connectivity index (χ2n) is 6.87. The van der Waals surface area contributed by atoms with Crippen molar-refractivity contribution >= 4 is 45.5 Å². The van der Waals surface area contributed by atoms with Crippen LogP contribution in [0.2, 0.25) is 0 Å². The Hall–Kier alpha value is -3.53. The second-order valence-corrected chi connectivity index (χ2v) is 7.73. The van der Waals surface area contributed by atoms with Crippen molar-refractivity contribution in [2.45, 2.75) is 19.9 Å². The minimum atomic E-state index is -1.21. The first-order valence-electron chi connectivity index (χ1n) is 9.16. The normalized spacial score (nSPS) is 12.2. The summed E-state index contributed by atoms with van der Waals surface area (Å²) in [7, 11) is 0. The van der Waals surface area contributed by atoms with Crippen LogP contribution in [0.25, 0.3) is 6.08 Å². The fourth-order valence-electron chi connectivity index (χ4n) is 2.58. The van der Waals surface area contributed by atoms with E-state index >= 15 is 0 Å². The van der Waals surface area contributed by atoms with Gasteiger partial charge in [-0.15, -0.1) is 0 Å². The molecule has 0 aromatic heterocycles. The molecular weight excluding hydrogens is 470 g/mol. The van der Waals surface area contributed by atoms with E-state index in [1.807, 2.05) is 0 Å². The molecule has 9 nitrogen and oxygen atoms in total. The summed E-state index contributed by atoms with van der Waals surface area (Å²) in [6, 6.07) is 10.7. The Morgan fingerprint density at radius 3 is 2.23 bits per heavy atom. The molecule has 0 heterocycles. The van der Waals surface area contributed by atoms with Crippen LogP contribution >= 0.6 is 15.9 Å². The summed E-state index contributed by atoms with van der Waals surface area (Å²) in [6.45, 7) is 3.27. The number of hydrogen-bond acceptors (Lipinski definition) is 5. The molecule has 0 fully saturated rings. The van der Waals surface area contributed by atoms with Crippen molar-refractivity contribution in [3.8, 4) is 0 Å². The highest BCUT2D eigenvalue weighted by Gasteiger charge is 2.26. The van der Waals surface area contributed by atoms with Gasteiger partial charge in [-0.05, 0) is 57.8 Å². The maximum Gasteiger partial charge on any atom is 0.326 e. The molecule has 0 aliphatic carbocycles. The monoisotopic (exact) mass is 489 g/mol. The second kappa shape index (κ2) is 10.5. The molecule has 1 unspecified atom stereocenters. The SMILES string of the molecule is CC(C)C(NC(=O)/C(=C/c1ccc([N+](=O)[O-])cc1)NC(=O)c1ccccc1Br)C(=O)O. The zero-order chi connectivity index (χ0) is 23.1. The number of nitro groups is 1. The van der Waals surface area contributed by atoms with E-state index in [9.17, 15) is 29.6 Å². The number of nitro benzene ring substituents is 1. The lowest BCUT2D eigenvalue weighted by molar-refractivity contribution is -0.384. The Bertz CT molecular complexity index is 1030. The van der Waals surface area contributed by atoms with Gasteiger partial charge in [0.15, 0.2) is 0 Å². The highest BCUT2D eigenvalue weighted by atomic mass is 79.9. The van der Waals surface area contributed by atoms with Crippen LogP contribution in [-0.4, -0.2) is 33.9 Å². The quantitative estimate of drug-likeness (QED) is 0.295. The molecule has 0 aliphatic heterocycles. The topological polar surface area (TPSA) is 139 Å². The highest BCUT2D eigenvalue weighted by Crippen LogP contribution is 2.18. The molecule has 162 valence electrons. The number of carboxylic acids is 1. The Morgan fingerprint density at radius 2 is 1.71 bits per heavy atom.